The summed E-state index contributed by atoms with van der Waals surface area (Å²) in [5, 5.41) is 2.90. The van der Waals surface area contributed by atoms with Gasteiger partial charge in [0.05, 0.1) is 7.11 Å². The zero-order chi connectivity index (χ0) is 10.3. The SMILES string of the molecule is COC(=O)/C=C/NC(C)CS(C)=O. The lowest BCUT2D eigenvalue weighted by Gasteiger charge is -2.08. The molecule has 0 aliphatic heterocycles. The van der Waals surface area contributed by atoms with Crippen molar-refractivity contribution in [3.63, 3.8) is 0 Å². The van der Waals surface area contributed by atoms with Gasteiger partial charge >= 0.3 is 5.97 Å². The molecule has 0 aliphatic carbocycles. The first kappa shape index (κ1) is 12.2. The number of rotatable bonds is 5. The third-order valence-electron chi connectivity index (χ3n) is 1.29. The van der Waals surface area contributed by atoms with Gasteiger partial charge in [-0.2, -0.15) is 0 Å². The zero-order valence-corrected chi connectivity index (χ0v) is 8.89. The highest BCUT2D eigenvalue weighted by Gasteiger charge is 2.00. The molecule has 13 heavy (non-hydrogen) atoms. The van der Waals surface area contributed by atoms with Gasteiger partial charge in [-0.15, -0.1) is 0 Å². The Labute approximate surface area is 80.8 Å². The van der Waals surface area contributed by atoms with E-state index < -0.39 is 16.8 Å². The maximum atomic E-state index is 10.8. The molecule has 0 amide bonds. The summed E-state index contributed by atoms with van der Waals surface area (Å²) in [6.45, 7) is 1.89. The monoisotopic (exact) mass is 205 g/mol. The number of methoxy groups -OCH3 is 1. The Hall–Kier alpha value is -0.840. The summed E-state index contributed by atoms with van der Waals surface area (Å²) in [5.41, 5.74) is 0. The Morgan fingerprint density at radius 3 is 2.77 bits per heavy atom. The number of carbonyl (C=O) groups excluding carboxylic acids is 1. The topological polar surface area (TPSA) is 55.4 Å². The van der Waals surface area contributed by atoms with Crippen molar-refractivity contribution in [1.82, 2.24) is 5.32 Å². The summed E-state index contributed by atoms with van der Waals surface area (Å²) < 4.78 is 15.2. The minimum atomic E-state index is -0.824. The summed E-state index contributed by atoms with van der Waals surface area (Å²) in [6, 6.07) is 0.0896. The van der Waals surface area contributed by atoms with Gasteiger partial charge in [0.1, 0.15) is 0 Å². The van der Waals surface area contributed by atoms with Crippen LogP contribution in [0.15, 0.2) is 12.3 Å². The molecule has 0 aliphatic rings. The fourth-order valence-electron chi connectivity index (χ4n) is 0.749. The molecule has 0 spiro atoms. The van der Waals surface area contributed by atoms with Crippen LogP contribution in [0.3, 0.4) is 0 Å². The van der Waals surface area contributed by atoms with Gasteiger partial charge in [-0.25, -0.2) is 4.79 Å². The second kappa shape index (κ2) is 6.65. The normalized spacial score (nSPS) is 15.3. The van der Waals surface area contributed by atoms with Gasteiger partial charge in [-0.1, -0.05) is 0 Å². The molecule has 0 aromatic carbocycles. The summed E-state index contributed by atoms with van der Waals surface area (Å²) >= 11 is 0. The Bertz CT molecular complexity index is 215. The van der Waals surface area contributed by atoms with Crippen molar-refractivity contribution in [2.24, 2.45) is 0 Å². The average molecular weight is 205 g/mol. The van der Waals surface area contributed by atoms with Crippen molar-refractivity contribution < 1.29 is 13.7 Å². The molecule has 5 heteroatoms. The lowest BCUT2D eigenvalue weighted by Crippen LogP contribution is -2.26. The molecule has 2 atom stereocenters. The van der Waals surface area contributed by atoms with Crippen molar-refractivity contribution in [1.29, 1.82) is 0 Å². The fourth-order valence-corrected chi connectivity index (χ4v) is 1.55. The summed E-state index contributed by atoms with van der Waals surface area (Å²) in [4.78, 5) is 10.6. The van der Waals surface area contributed by atoms with E-state index >= 15 is 0 Å². The van der Waals surface area contributed by atoms with Gasteiger partial charge < -0.3 is 10.1 Å². The third kappa shape index (κ3) is 7.52. The molecular formula is C8H15NO3S. The number of hydrogen-bond donors (Lipinski definition) is 1. The second-order valence-corrected chi connectivity index (χ2v) is 4.14. The number of nitrogens with one attached hydrogen (secondary N) is 1. The van der Waals surface area contributed by atoms with E-state index in [1.165, 1.54) is 19.4 Å². The number of hydrogen-bond acceptors (Lipinski definition) is 4. The highest BCUT2D eigenvalue weighted by Crippen LogP contribution is 1.85. The van der Waals surface area contributed by atoms with Crippen LogP contribution < -0.4 is 5.32 Å². The van der Waals surface area contributed by atoms with E-state index in [1.807, 2.05) is 6.92 Å². The van der Waals surface area contributed by atoms with Crippen molar-refractivity contribution in [2.75, 3.05) is 19.1 Å². The molecule has 0 radical (unpaired) electrons. The van der Waals surface area contributed by atoms with E-state index in [0.29, 0.717) is 5.75 Å². The van der Waals surface area contributed by atoms with Crippen molar-refractivity contribution in [3.8, 4) is 0 Å². The predicted octanol–water partition coefficient (Wildman–Crippen LogP) is 0.0297. The van der Waals surface area contributed by atoms with Crippen LogP contribution in [0.1, 0.15) is 6.92 Å². The van der Waals surface area contributed by atoms with E-state index in [0.717, 1.165) is 0 Å². The Morgan fingerprint density at radius 1 is 1.69 bits per heavy atom. The highest BCUT2D eigenvalue weighted by molar-refractivity contribution is 7.84. The molecule has 0 aromatic heterocycles. The zero-order valence-electron chi connectivity index (χ0n) is 8.07. The number of ether oxygens (including phenoxy) is 1. The van der Waals surface area contributed by atoms with Crippen LogP contribution in [-0.4, -0.2) is 35.3 Å². The van der Waals surface area contributed by atoms with Crippen LogP contribution in [0.25, 0.3) is 0 Å². The van der Waals surface area contributed by atoms with Gasteiger partial charge in [0.2, 0.25) is 0 Å². The first-order valence-corrected chi connectivity index (χ1v) is 5.59. The van der Waals surface area contributed by atoms with Crippen LogP contribution >= 0.6 is 0 Å². The molecular weight excluding hydrogens is 190 g/mol. The second-order valence-electron chi connectivity index (χ2n) is 2.66. The standard InChI is InChI=1S/C8H15NO3S/c1-7(6-13(3)11)9-5-4-8(10)12-2/h4-5,7,9H,6H2,1-3H3/b5-4+. The first-order valence-electron chi connectivity index (χ1n) is 3.87. The first-order chi connectivity index (χ1) is 6.06. The van der Waals surface area contributed by atoms with Crippen molar-refractivity contribution in [3.05, 3.63) is 12.3 Å². The smallest absolute Gasteiger partial charge is 0.331 e. The maximum Gasteiger partial charge on any atom is 0.331 e. The van der Waals surface area contributed by atoms with Gasteiger partial charge in [0.15, 0.2) is 0 Å². The summed E-state index contributed by atoms with van der Waals surface area (Å²) in [6.07, 6.45) is 4.43. The van der Waals surface area contributed by atoms with E-state index in [4.69, 9.17) is 0 Å². The largest absolute Gasteiger partial charge is 0.466 e. The van der Waals surface area contributed by atoms with Gasteiger partial charge in [-0.05, 0) is 6.92 Å². The quantitative estimate of drug-likeness (QED) is 0.508. The summed E-state index contributed by atoms with van der Waals surface area (Å²) in [7, 11) is 0.492. The molecule has 0 aromatic rings. The van der Waals surface area contributed by atoms with Crippen molar-refractivity contribution in [2.45, 2.75) is 13.0 Å². The molecule has 0 bridgehead atoms. The van der Waals surface area contributed by atoms with Gasteiger partial charge in [0.25, 0.3) is 0 Å². The van der Waals surface area contributed by atoms with Crippen LogP contribution in [0.4, 0.5) is 0 Å². The van der Waals surface area contributed by atoms with E-state index in [9.17, 15) is 9.00 Å². The van der Waals surface area contributed by atoms with Gasteiger partial charge in [0, 0.05) is 41.1 Å². The van der Waals surface area contributed by atoms with E-state index in [-0.39, 0.29) is 6.04 Å². The molecule has 4 nitrogen and oxygen atoms in total. The Balaban J connectivity index is 3.68. The summed E-state index contributed by atoms with van der Waals surface area (Å²) in [5.74, 6) is 0.156. The third-order valence-corrected chi connectivity index (χ3v) is 2.26. The molecule has 76 valence electrons. The Kier molecular flexibility index (Phi) is 6.22. The minimum absolute atomic E-state index is 0.0896. The molecule has 0 rings (SSSR count). The van der Waals surface area contributed by atoms with Crippen LogP contribution in [0.5, 0.6) is 0 Å². The number of esters is 1. The predicted molar refractivity (Wildman–Crippen MR) is 52.7 cm³/mol. The van der Waals surface area contributed by atoms with Crippen LogP contribution in [0.2, 0.25) is 0 Å². The lowest BCUT2D eigenvalue weighted by molar-refractivity contribution is -0.134. The molecule has 0 heterocycles. The Morgan fingerprint density at radius 2 is 2.31 bits per heavy atom. The maximum absolute atomic E-state index is 10.8. The van der Waals surface area contributed by atoms with E-state index in [1.54, 1.807) is 6.26 Å². The molecule has 0 saturated carbocycles. The molecule has 0 saturated heterocycles. The highest BCUT2D eigenvalue weighted by atomic mass is 32.2. The lowest BCUT2D eigenvalue weighted by atomic mass is 10.4. The van der Waals surface area contributed by atoms with Gasteiger partial charge in [-0.3, -0.25) is 4.21 Å². The molecule has 2 unspecified atom stereocenters. The fraction of sp³-hybridized carbons (Fsp3) is 0.625. The van der Waals surface area contributed by atoms with Crippen molar-refractivity contribution >= 4 is 16.8 Å². The van der Waals surface area contributed by atoms with Crippen LogP contribution in [0, 0.1) is 0 Å². The number of carbonyl (C=O) groups is 1. The molecule has 1 N–H and O–H groups in total. The minimum Gasteiger partial charge on any atom is -0.466 e. The average Bonchev–Trinajstić information content (AvgIpc) is 2.02. The van der Waals surface area contributed by atoms with Crippen LogP contribution in [-0.2, 0) is 20.3 Å². The van der Waals surface area contributed by atoms with E-state index in [2.05, 4.69) is 10.1 Å². The molecule has 0 fully saturated rings.